The van der Waals surface area contributed by atoms with Crippen LogP contribution in [0.1, 0.15) is 56.1 Å². The molecule has 1 amide bonds. The quantitative estimate of drug-likeness (QED) is 0.532. The number of carbonyl (C=O) groups excluding carboxylic acids is 2. The van der Waals surface area contributed by atoms with Gasteiger partial charge in [-0.05, 0) is 54.9 Å². The van der Waals surface area contributed by atoms with E-state index in [4.69, 9.17) is 14.2 Å². The average Bonchev–Trinajstić information content (AvgIpc) is 3.32. The van der Waals surface area contributed by atoms with Crippen molar-refractivity contribution in [3.63, 3.8) is 0 Å². The van der Waals surface area contributed by atoms with Gasteiger partial charge in [0.25, 0.3) is 0 Å². The number of ether oxygens (including phenoxy) is 3. The van der Waals surface area contributed by atoms with Crippen LogP contribution in [0.5, 0.6) is 0 Å². The van der Waals surface area contributed by atoms with Gasteiger partial charge in [-0.3, -0.25) is 4.79 Å². The van der Waals surface area contributed by atoms with Crippen molar-refractivity contribution in [2.75, 3.05) is 20.8 Å². The predicted molar refractivity (Wildman–Crippen MR) is 128 cm³/mol. The Morgan fingerprint density at radius 3 is 1.97 bits per heavy atom. The van der Waals surface area contributed by atoms with Gasteiger partial charge in [-0.15, -0.1) is 0 Å². The van der Waals surface area contributed by atoms with Crippen LogP contribution in [0.4, 0.5) is 4.79 Å². The highest BCUT2D eigenvalue weighted by Crippen LogP contribution is 2.45. The molecule has 0 saturated carbocycles. The number of hydrogen-bond donors (Lipinski definition) is 0. The zero-order valence-electron chi connectivity index (χ0n) is 20.2. The maximum atomic E-state index is 13.2. The SMILES string of the molecule is COC(C)(CC(=O)C1CC2CCC(C1)N2C(=O)OCC1c2ccccc2-c2ccccc21)OC. The van der Waals surface area contributed by atoms with Gasteiger partial charge in [0.15, 0.2) is 5.79 Å². The third-order valence-corrected chi connectivity index (χ3v) is 8.09. The lowest BCUT2D eigenvalue weighted by Gasteiger charge is -2.38. The fourth-order valence-electron chi connectivity index (χ4n) is 6.10. The van der Waals surface area contributed by atoms with Crippen LogP contribution in [0, 0.1) is 5.92 Å². The molecule has 2 unspecified atom stereocenters. The fraction of sp³-hybridized carbons (Fsp3) is 0.500. The molecule has 0 N–H and O–H groups in total. The first kappa shape index (κ1) is 23.1. The van der Waals surface area contributed by atoms with Gasteiger partial charge in [0.1, 0.15) is 12.4 Å². The molecule has 3 aliphatic rings. The van der Waals surface area contributed by atoms with E-state index in [0.717, 1.165) is 12.8 Å². The second kappa shape index (κ2) is 9.16. The van der Waals surface area contributed by atoms with Gasteiger partial charge in [-0.2, -0.15) is 0 Å². The van der Waals surface area contributed by atoms with E-state index in [1.165, 1.54) is 22.3 Å². The molecule has 2 atom stereocenters. The minimum Gasteiger partial charge on any atom is -0.448 e. The number of ketones is 1. The van der Waals surface area contributed by atoms with Crippen LogP contribution in [0.3, 0.4) is 0 Å². The summed E-state index contributed by atoms with van der Waals surface area (Å²) >= 11 is 0. The first-order valence-corrected chi connectivity index (χ1v) is 12.2. The Morgan fingerprint density at radius 1 is 0.912 bits per heavy atom. The summed E-state index contributed by atoms with van der Waals surface area (Å²) in [6, 6.07) is 16.8. The van der Waals surface area contributed by atoms with Gasteiger partial charge in [0.2, 0.25) is 0 Å². The number of amides is 1. The van der Waals surface area contributed by atoms with Crippen molar-refractivity contribution in [1.82, 2.24) is 4.90 Å². The standard InChI is InChI=1S/C28H33NO5/c1-28(32-2,33-3)16-26(30)18-14-19-12-13-20(15-18)29(19)27(31)34-17-25-23-10-6-4-8-21(23)22-9-5-7-11-24(22)25/h4-11,18-20,25H,12-17H2,1-3H3. The molecule has 6 nitrogen and oxygen atoms in total. The van der Waals surface area contributed by atoms with Crippen molar-refractivity contribution in [3.8, 4) is 11.1 Å². The number of fused-ring (bicyclic) bond motifs is 5. The Labute approximate surface area is 201 Å². The van der Waals surface area contributed by atoms with Gasteiger partial charge in [0.05, 0.1) is 6.42 Å². The molecule has 2 aromatic rings. The molecule has 2 aliphatic heterocycles. The molecule has 2 heterocycles. The first-order valence-electron chi connectivity index (χ1n) is 12.2. The van der Waals surface area contributed by atoms with Crippen LogP contribution < -0.4 is 0 Å². The number of rotatable bonds is 7. The van der Waals surface area contributed by atoms with Crippen molar-refractivity contribution in [1.29, 1.82) is 0 Å². The molecule has 34 heavy (non-hydrogen) atoms. The molecule has 180 valence electrons. The van der Waals surface area contributed by atoms with E-state index >= 15 is 0 Å². The molecule has 2 saturated heterocycles. The molecular formula is C28H33NO5. The summed E-state index contributed by atoms with van der Waals surface area (Å²) < 4.78 is 16.7. The predicted octanol–water partition coefficient (Wildman–Crippen LogP) is 5.15. The van der Waals surface area contributed by atoms with Gasteiger partial charge in [-0.25, -0.2) is 4.79 Å². The highest BCUT2D eigenvalue weighted by atomic mass is 16.7. The first-order chi connectivity index (χ1) is 16.4. The van der Waals surface area contributed by atoms with E-state index in [1.54, 1.807) is 21.1 Å². The number of methoxy groups -OCH3 is 2. The number of nitrogens with zero attached hydrogens (tertiary/aromatic N) is 1. The summed E-state index contributed by atoms with van der Waals surface area (Å²) in [6.45, 7) is 2.11. The molecule has 2 fully saturated rings. The summed E-state index contributed by atoms with van der Waals surface area (Å²) in [5, 5.41) is 0. The molecule has 1 aliphatic carbocycles. The summed E-state index contributed by atoms with van der Waals surface area (Å²) in [4.78, 5) is 28.1. The highest BCUT2D eigenvalue weighted by molar-refractivity contribution is 5.83. The number of carbonyl (C=O) groups is 2. The second-order valence-corrected chi connectivity index (χ2v) is 9.95. The second-order valence-electron chi connectivity index (χ2n) is 9.95. The van der Waals surface area contributed by atoms with Crippen molar-refractivity contribution >= 4 is 11.9 Å². The number of benzene rings is 2. The van der Waals surface area contributed by atoms with Crippen LogP contribution in [-0.2, 0) is 19.0 Å². The van der Waals surface area contributed by atoms with Crippen molar-refractivity contribution in [2.45, 2.75) is 62.8 Å². The zero-order valence-corrected chi connectivity index (χ0v) is 20.2. The Kier molecular flexibility index (Phi) is 6.21. The Balaban J connectivity index is 1.24. The molecule has 0 spiro atoms. The highest BCUT2D eigenvalue weighted by Gasteiger charge is 2.47. The summed E-state index contributed by atoms with van der Waals surface area (Å²) in [5.41, 5.74) is 4.86. The summed E-state index contributed by atoms with van der Waals surface area (Å²) in [6.07, 6.45) is 3.18. The monoisotopic (exact) mass is 463 g/mol. The lowest BCUT2D eigenvalue weighted by Crippen LogP contribution is -2.49. The third-order valence-electron chi connectivity index (χ3n) is 8.09. The molecule has 0 aromatic heterocycles. The van der Waals surface area contributed by atoms with E-state index in [-0.39, 0.29) is 42.2 Å². The van der Waals surface area contributed by atoms with E-state index in [0.29, 0.717) is 19.4 Å². The number of piperidine rings is 1. The Hall–Kier alpha value is -2.70. The molecule has 5 rings (SSSR count). The normalized spacial score (nSPS) is 23.5. The molecule has 2 bridgehead atoms. The van der Waals surface area contributed by atoms with Crippen LogP contribution in [0.25, 0.3) is 11.1 Å². The fourth-order valence-corrected chi connectivity index (χ4v) is 6.10. The minimum atomic E-state index is -0.903. The van der Waals surface area contributed by atoms with Gasteiger partial charge in [-0.1, -0.05) is 48.5 Å². The smallest absolute Gasteiger partial charge is 0.410 e. The third kappa shape index (κ3) is 4.03. The van der Waals surface area contributed by atoms with Crippen molar-refractivity contribution < 1.29 is 23.8 Å². The van der Waals surface area contributed by atoms with E-state index < -0.39 is 5.79 Å². The van der Waals surface area contributed by atoms with Crippen LogP contribution >= 0.6 is 0 Å². The minimum absolute atomic E-state index is 0.0499. The van der Waals surface area contributed by atoms with E-state index in [1.807, 2.05) is 17.0 Å². The summed E-state index contributed by atoms with van der Waals surface area (Å²) in [5.74, 6) is -0.774. The summed E-state index contributed by atoms with van der Waals surface area (Å²) in [7, 11) is 3.11. The Bertz CT molecular complexity index is 1020. The molecule has 6 heteroatoms. The van der Waals surface area contributed by atoms with E-state index in [9.17, 15) is 9.59 Å². The topological polar surface area (TPSA) is 65.1 Å². The van der Waals surface area contributed by atoms with E-state index in [2.05, 4.69) is 36.4 Å². The lowest BCUT2D eigenvalue weighted by molar-refractivity contribution is -0.199. The molecule has 2 aromatic carbocycles. The van der Waals surface area contributed by atoms with Crippen molar-refractivity contribution in [2.24, 2.45) is 5.92 Å². The van der Waals surface area contributed by atoms with Crippen molar-refractivity contribution in [3.05, 3.63) is 59.7 Å². The average molecular weight is 464 g/mol. The Morgan fingerprint density at radius 2 is 1.44 bits per heavy atom. The zero-order chi connectivity index (χ0) is 23.9. The van der Waals surface area contributed by atoms with Crippen LogP contribution in [0.15, 0.2) is 48.5 Å². The van der Waals surface area contributed by atoms with Gasteiger partial charge < -0.3 is 19.1 Å². The lowest BCUT2D eigenvalue weighted by atomic mass is 9.85. The largest absolute Gasteiger partial charge is 0.448 e. The molecule has 0 radical (unpaired) electrons. The van der Waals surface area contributed by atoms with Crippen LogP contribution in [-0.4, -0.2) is 55.5 Å². The maximum Gasteiger partial charge on any atom is 0.410 e. The number of hydrogen-bond acceptors (Lipinski definition) is 5. The van der Waals surface area contributed by atoms with Gasteiger partial charge >= 0.3 is 6.09 Å². The molecular weight excluding hydrogens is 430 g/mol. The number of Topliss-reactive ketones (excluding diaryl/α,β-unsaturated/α-hetero) is 1. The van der Waals surface area contributed by atoms with Gasteiger partial charge in [0, 0.05) is 38.1 Å². The maximum absolute atomic E-state index is 13.2. The van der Waals surface area contributed by atoms with Crippen LogP contribution in [0.2, 0.25) is 0 Å².